The number of carbonyl (C=O) groups excluding carboxylic acids is 1. The number of hydrogen-bond donors (Lipinski definition) is 3. The number of thioether (sulfide) groups is 2. The second kappa shape index (κ2) is 7.81. The van der Waals surface area contributed by atoms with Gasteiger partial charge in [-0.15, -0.1) is 0 Å². The normalized spacial score (nSPS) is 20.2. The molecule has 3 N–H and O–H groups in total. The number of aliphatic hydroxyl groups excluding tert-OH is 1. The van der Waals surface area contributed by atoms with Gasteiger partial charge >= 0.3 is 6.03 Å². The molecule has 0 saturated carbocycles. The third kappa shape index (κ3) is 4.92. The van der Waals surface area contributed by atoms with Gasteiger partial charge in [0.05, 0.1) is 6.10 Å². The number of aliphatic hydroxyl groups is 1. The summed E-state index contributed by atoms with van der Waals surface area (Å²) >= 11 is 3.87. The molecule has 2 rings (SSSR count). The minimum absolute atomic E-state index is 0.175. The molecule has 0 aliphatic carbocycles. The van der Waals surface area contributed by atoms with Gasteiger partial charge in [-0.3, -0.25) is 0 Å². The lowest BCUT2D eigenvalue weighted by atomic mass is 10.1. The van der Waals surface area contributed by atoms with E-state index in [-0.39, 0.29) is 6.03 Å². The second-order valence-electron chi connectivity index (χ2n) is 4.70. The van der Waals surface area contributed by atoms with E-state index in [0.717, 1.165) is 17.0 Å². The molecule has 1 aromatic rings. The molecule has 1 fully saturated rings. The highest BCUT2D eigenvalue weighted by Gasteiger charge is 2.15. The SMILES string of the molecule is CC(O)c1ccc(NC(=O)NCC2CSCCS2)cc1. The van der Waals surface area contributed by atoms with Gasteiger partial charge in [-0.2, -0.15) is 23.5 Å². The summed E-state index contributed by atoms with van der Waals surface area (Å²) in [6.07, 6.45) is -0.487. The molecule has 0 spiro atoms. The average Bonchev–Trinajstić information content (AvgIpc) is 2.47. The molecule has 1 heterocycles. The number of rotatable bonds is 4. The predicted octanol–water partition coefficient (Wildman–Crippen LogP) is 2.71. The van der Waals surface area contributed by atoms with Gasteiger partial charge in [-0.05, 0) is 24.6 Å². The van der Waals surface area contributed by atoms with Crippen molar-refractivity contribution in [2.75, 3.05) is 29.1 Å². The van der Waals surface area contributed by atoms with Crippen molar-refractivity contribution < 1.29 is 9.90 Å². The Balaban J connectivity index is 1.75. The molecule has 6 heteroatoms. The van der Waals surface area contributed by atoms with E-state index in [2.05, 4.69) is 10.6 Å². The zero-order valence-corrected chi connectivity index (χ0v) is 13.1. The Hall–Kier alpha value is -0.850. The predicted molar refractivity (Wildman–Crippen MR) is 87.7 cm³/mol. The summed E-state index contributed by atoms with van der Waals surface area (Å²) < 4.78 is 0. The zero-order valence-electron chi connectivity index (χ0n) is 11.5. The zero-order chi connectivity index (χ0) is 14.4. The first-order valence-corrected chi connectivity index (χ1v) is 8.87. The molecule has 4 nitrogen and oxygen atoms in total. The van der Waals surface area contributed by atoms with Gasteiger partial charge in [-0.1, -0.05) is 12.1 Å². The fraction of sp³-hybridized carbons (Fsp3) is 0.500. The summed E-state index contributed by atoms with van der Waals surface area (Å²) in [5.41, 5.74) is 1.57. The summed E-state index contributed by atoms with van der Waals surface area (Å²) in [7, 11) is 0. The molecule has 2 amide bonds. The van der Waals surface area contributed by atoms with Gasteiger partial charge in [0.2, 0.25) is 0 Å². The fourth-order valence-corrected chi connectivity index (χ4v) is 4.49. The Kier molecular flexibility index (Phi) is 6.06. The molecule has 0 bridgehead atoms. The highest BCUT2D eigenvalue weighted by Crippen LogP contribution is 2.23. The molecular formula is C14H20N2O2S2. The largest absolute Gasteiger partial charge is 0.389 e. The summed E-state index contributed by atoms with van der Waals surface area (Å²) in [4.78, 5) is 11.8. The maximum atomic E-state index is 11.8. The van der Waals surface area contributed by atoms with Crippen molar-refractivity contribution in [1.82, 2.24) is 5.32 Å². The van der Waals surface area contributed by atoms with E-state index in [1.807, 2.05) is 35.7 Å². The van der Waals surface area contributed by atoms with Crippen LogP contribution in [0.5, 0.6) is 0 Å². The minimum atomic E-state index is -0.487. The number of amides is 2. The van der Waals surface area contributed by atoms with Crippen LogP contribution in [0.15, 0.2) is 24.3 Å². The van der Waals surface area contributed by atoms with Crippen molar-refractivity contribution in [3.05, 3.63) is 29.8 Å². The smallest absolute Gasteiger partial charge is 0.319 e. The van der Waals surface area contributed by atoms with Gasteiger partial charge in [0, 0.05) is 34.7 Å². The molecule has 110 valence electrons. The van der Waals surface area contributed by atoms with Crippen LogP contribution in [0.2, 0.25) is 0 Å². The van der Waals surface area contributed by atoms with E-state index in [4.69, 9.17) is 0 Å². The number of anilines is 1. The lowest BCUT2D eigenvalue weighted by Gasteiger charge is -2.21. The molecule has 2 atom stereocenters. The molecular weight excluding hydrogens is 292 g/mol. The topological polar surface area (TPSA) is 61.4 Å². The van der Waals surface area contributed by atoms with Gasteiger partial charge in [0.1, 0.15) is 0 Å². The summed E-state index contributed by atoms with van der Waals surface area (Å²) in [6, 6.07) is 7.05. The van der Waals surface area contributed by atoms with E-state index in [0.29, 0.717) is 11.8 Å². The molecule has 20 heavy (non-hydrogen) atoms. The van der Waals surface area contributed by atoms with Crippen LogP contribution in [0.25, 0.3) is 0 Å². The molecule has 1 aliphatic heterocycles. The van der Waals surface area contributed by atoms with E-state index in [1.54, 1.807) is 19.1 Å². The van der Waals surface area contributed by atoms with Gasteiger partial charge in [0.15, 0.2) is 0 Å². The fourth-order valence-electron chi connectivity index (χ4n) is 1.88. The third-order valence-electron chi connectivity index (χ3n) is 3.03. The van der Waals surface area contributed by atoms with E-state index < -0.39 is 6.10 Å². The van der Waals surface area contributed by atoms with Gasteiger partial charge in [-0.25, -0.2) is 4.79 Å². The Morgan fingerprint density at radius 2 is 2.15 bits per heavy atom. The number of carbonyl (C=O) groups is 1. The van der Waals surface area contributed by atoms with Crippen LogP contribution in [0, 0.1) is 0 Å². The van der Waals surface area contributed by atoms with Crippen molar-refractivity contribution >= 4 is 35.2 Å². The summed E-state index contributed by atoms with van der Waals surface area (Å²) in [6.45, 7) is 2.42. The molecule has 1 saturated heterocycles. The van der Waals surface area contributed by atoms with Crippen LogP contribution in [-0.4, -0.2) is 40.2 Å². The lowest BCUT2D eigenvalue weighted by Crippen LogP contribution is -2.36. The van der Waals surface area contributed by atoms with Gasteiger partial charge in [0.25, 0.3) is 0 Å². The van der Waals surface area contributed by atoms with E-state index >= 15 is 0 Å². The molecule has 1 aliphatic rings. The van der Waals surface area contributed by atoms with Crippen LogP contribution < -0.4 is 10.6 Å². The van der Waals surface area contributed by atoms with Crippen LogP contribution >= 0.6 is 23.5 Å². The van der Waals surface area contributed by atoms with Crippen LogP contribution in [0.1, 0.15) is 18.6 Å². The Morgan fingerprint density at radius 1 is 1.40 bits per heavy atom. The maximum Gasteiger partial charge on any atom is 0.319 e. The first kappa shape index (κ1) is 15.5. The van der Waals surface area contributed by atoms with Crippen LogP contribution in [0.4, 0.5) is 10.5 Å². The van der Waals surface area contributed by atoms with Crippen LogP contribution in [0.3, 0.4) is 0 Å². The first-order valence-electron chi connectivity index (χ1n) is 6.67. The molecule has 0 aromatic heterocycles. The molecule has 1 aromatic carbocycles. The second-order valence-corrected chi connectivity index (χ2v) is 7.26. The minimum Gasteiger partial charge on any atom is -0.389 e. The molecule has 0 radical (unpaired) electrons. The number of nitrogens with one attached hydrogen (secondary N) is 2. The van der Waals surface area contributed by atoms with Crippen molar-refractivity contribution in [1.29, 1.82) is 0 Å². The van der Waals surface area contributed by atoms with E-state index in [9.17, 15) is 9.90 Å². The summed E-state index contributed by atoms with van der Waals surface area (Å²) in [5.74, 6) is 3.48. The van der Waals surface area contributed by atoms with Crippen LogP contribution in [-0.2, 0) is 0 Å². The molecule has 2 unspecified atom stereocenters. The number of hydrogen-bond acceptors (Lipinski definition) is 4. The Bertz CT molecular complexity index is 431. The monoisotopic (exact) mass is 312 g/mol. The van der Waals surface area contributed by atoms with Crippen molar-refractivity contribution in [3.8, 4) is 0 Å². The van der Waals surface area contributed by atoms with E-state index in [1.165, 1.54) is 11.5 Å². The third-order valence-corrected chi connectivity index (χ3v) is 5.87. The van der Waals surface area contributed by atoms with Crippen molar-refractivity contribution in [2.45, 2.75) is 18.3 Å². The quantitative estimate of drug-likeness (QED) is 0.800. The highest BCUT2D eigenvalue weighted by atomic mass is 32.2. The van der Waals surface area contributed by atoms with Crippen molar-refractivity contribution in [2.24, 2.45) is 0 Å². The lowest BCUT2D eigenvalue weighted by molar-refractivity contribution is 0.199. The average molecular weight is 312 g/mol. The standard InChI is InChI=1S/C14H20N2O2S2/c1-10(17)11-2-4-12(5-3-11)16-14(18)15-8-13-9-19-6-7-20-13/h2-5,10,13,17H,6-9H2,1H3,(H2,15,16,18). The Labute approximate surface area is 128 Å². The summed E-state index contributed by atoms with van der Waals surface area (Å²) in [5, 5.41) is 15.6. The van der Waals surface area contributed by atoms with Gasteiger partial charge < -0.3 is 15.7 Å². The number of benzene rings is 1. The Morgan fingerprint density at radius 3 is 2.75 bits per heavy atom. The highest BCUT2D eigenvalue weighted by molar-refractivity contribution is 8.06. The number of urea groups is 1. The van der Waals surface area contributed by atoms with Crippen molar-refractivity contribution in [3.63, 3.8) is 0 Å². The maximum absolute atomic E-state index is 11.8. The first-order chi connectivity index (χ1) is 9.65.